The number of piperazine rings is 1. The molecule has 0 unspecified atom stereocenters. The van der Waals surface area contributed by atoms with Crippen molar-refractivity contribution in [3.05, 3.63) is 54.6 Å². The minimum Gasteiger partial charge on any atom is -0.494 e. The minimum atomic E-state index is -0.168. The van der Waals surface area contributed by atoms with E-state index in [-0.39, 0.29) is 6.03 Å². The number of ether oxygens (including phenoxy) is 1. The molecule has 1 heterocycles. The fraction of sp³-hybridized carbons (Fsp3) is 0.409. The number of urea groups is 1. The zero-order valence-electron chi connectivity index (χ0n) is 16.6. The van der Waals surface area contributed by atoms with Gasteiger partial charge in [0.2, 0.25) is 0 Å². The number of nitrogens with one attached hydrogen (secondary N) is 2. The number of rotatable bonds is 8. The average Bonchev–Trinajstić information content (AvgIpc) is 2.74. The van der Waals surface area contributed by atoms with E-state index in [4.69, 9.17) is 4.74 Å². The highest BCUT2D eigenvalue weighted by Crippen LogP contribution is 2.16. The summed E-state index contributed by atoms with van der Waals surface area (Å²) < 4.78 is 5.40. The summed E-state index contributed by atoms with van der Waals surface area (Å²) in [5.74, 6) is 0.806. The number of hydrogen-bond acceptors (Lipinski definition) is 4. The fourth-order valence-corrected chi connectivity index (χ4v) is 3.35. The smallest absolute Gasteiger partial charge is 0.319 e. The van der Waals surface area contributed by atoms with Gasteiger partial charge in [0.1, 0.15) is 5.75 Å². The van der Waals surface area contributed by atoms with Crippen molar-refractivity contribution in [2.24, 2.45) is 0 Å². The summed E-state index contributed by atoms with van der Waals surface area (Å²) >= 11 is 0. The van der Waals surface area contributed by atoms with Crippen molar-refractivity contribution in [3.8, 4) is 5.75 Å². The Hall–Kier alpha value is -2.73. The molecule has 3 rings (SSSR count). The Bertz CT molecular complexity index is 713. The monoisotopic (exact) mass is 382 g/mol. The maximum Gasteiger partial charge on any atom is 0.319 e. The second-order valence-electron chi connectivity index (χ2n) is 6.86. The molecule has 0 bridgehead atoms. The molecular formula is C22H30N4O2. The van der Waals surface area contributed by atoms with Crippen LogP contribution in [0, 0.1) is 0 Å². The van der Waals surface area contributed by atoms with Crippen LogP contribution in [0.5, 0.6) is 5.75 Å². The summed E-state index contributed by atoms with van der Waals surface area (Å²) in [5.41, 5.74) is 2.06. The van der Waals surface area contributed by atoms with Gasteiger partial charge in [0.05, 0.1) is 6.61 Å². The van der Waals surface area contributed by atoms with E-state index in [1.54, 1.807) is 0 Å². The van der Waals surface area contributed by atoms with Gasteiger partial charge in [0.25, 0.3) is 0 Å². The standard InChI is InChI=1S/C22H30N4O2/c1-2-28-21-11-9-19(10-12-21)24-22(27)23-13-6-14-25-15-17-26(18-16-25)20-7-4-3-5-8-20/h3-5,7-12H,2,6,13-18H2,1H3,(H2,23,24,27). The van der Waals surface area contributed by atoms with Crippen LogP contribution in [-0.4, -0.2) is 56.8 Å². The molecule has 1 aliphatic heterocycles. The second-order valence-corrected chi connectivity index (χ2v) is 6.86. The van der Waals surface area contributed by atoms with Gasteiger partial charge < -0.3 is 20.3 Å². The molecule has 1 saturated heterocycles. The van der Waals surface area contributed by atoms with Crippen molar-refractivity contribution in [2.75, 3.05) is 56.1 Å². The molecular weight excluding hydrogens is 352 g/mol. The van der Waals surface area contributed by atoms with E-state index in [1.165, 1.54) is 5.69 Å². The number of hydrogen-bond donors (Lipinski definition) is 2. The van der Waals surface area contributed by atoms with Crippen molar-refractivity contribution in [3.63, 3.8) is 0 Å². The van der Waals surface area contributed by atoms with Gasteiger partial charge in [-0.15, -0.1) is 0 Å². The number of carbonyl (C=O) groups excluding carboxylic acids is 1. The van der Waals surface area contributed by atoms with E-state index >= 15 is 0 Å². The molecule has 1 aliphatic rings. The molecule has 6 nitrogen and oxygen atoms in total. The summed E-state index contributed by atoms with van der Waals surface area (Å²) in [6.07, 6.45) is 0.946. The van der Waals surface area contributed by atoms with E-state index in [2.05, 4.69) is 50.8 Å². The Morgan fingerprint density at radius 3 is 2.39 bits per heavy atom. The molecule has 0 aromatic heterocycles. The summed E-state index contributed by atoms with van der Waals surface area (Å²) in [7, 11) is 0. The molecule has 0 saturated carbocycles. The topological polar surface area (TPSA) is 56.8 Å². The van der Waals surface area contributed by atoms with Crippen LogP contribution in [0.3, 0.4) is 0 Å². The Balaban J connectivity index is 1.29. The number of carbonyl (C=O) groups is 1. The molecule has 0 aliphatic carbocycles. The molecule has 2 N–H and O–H groups in total. The third-order valence-corrected chi connectivity index (χ3v) is 4.85. The summed E-state index contributed by atoms with van der Waals surface area (Å²) in [5, 5.41) is 5.77. The van der Waals surface area contributed by atoms with Gasteiger partial charge in [-0.2, -0.15) is 0 Å². The normalized spacial score (nSPS) is 14.5. The molecule has 6 heteroatoms. The van der Waals surface area contributed by atoms with Gasteiger partial charge in [0.15, 0.2) is 0 Å². The Labute approximate surface area is 167 Å². The first-order valence-electron chi connectivity index (χ1n) is 10.0. The van der Waals surface area contributed by atoms with Gasteiger partial charge >= 0.3 is 6.03 Å². The maximum atomic E-state index is 12.0. The van der Waals surface area contributed by atoms with Crippen molar-refractivity contribution >= 4 is 17.4 Å². The van der Waals surface area contributed by atoms with E-state index in [0.717, 1.165) is 50.6 Å². The molecule has 2 aromatic rings. The van der Waals surface area contributed by atoms with Crippen LogP contribution >= 0.6 is 0 Å². The summed E-state index contributed by atoms with van der Waals surface area (Å²) in [6.45, 7) is 8.48. The second kappa shape index (κ2) is 10.6. The molecule has 150 valence electrons. The zero-order valence-corrected chi connectivity index (χ0v) is 16.6. The maximum absolute atomic E-state index is 12.0. The molecule has 0 atom stereocenters. The number of benzene rings is 2. The highest BCUT2D eigenvalue weighted by atomic mass is 16.5. The lowest BCUT2D eigenvalue weighted by Gasteiger charge is -2.36. The predicted molar refractivity (Wildman–Crippen MR) is 114 cm³/mol. The minimum absolute atomic E-state index is 0.168. The van der Waals surface area contributed by atoms with Gasteiger partial charge in [0, 0.05) is 44.1 Å². The largest absolute Gasteiger partial charge is 0.494 e. The fourth-order valence-electron chi connectivity index (χ4n) is 3.35. The lowest BCUT2D eigenvalue weighted by atomic mass is 10.2. The van der Waals surface area contributed by atoms with Crippen LogP contribution in [-0.2, 0) is 0 Å². The number of para-hydroxylation sites is 1. The third kappa shape index (κ3) is 6.16. The quantitative estimate of drug-likeness (QED) is 0.687. The van der Waals surface area contributed by atoms with E-state index in [0.29, 0.717) is 13.2 Å². The van der Waals surface area contributed by atoms with Gasteiger partial charge in [-0.05, 0) is 56.3 Å². The number of anilines is 2. The highest BCUT2D eigenvalue weighted by Gasteiger charge is 2.16. The number of amides is 2. The van der Waals surface area contributed by atoms with Crippen LogP contribution in [0.15, 0.2) is 54.6 Å². The van der Waals surface area contributed by atoms with E-state index in [1.807, 2.05) is 31.2 Å². The van der Waals surface area contributed by atoms with Gasteiger partial charge in [-0.1, -0.05) is 18.2 Å². The first kappa shape index (κ1) is 20.0. The molecule has 2 aromatic carbocycles. The van der Waals surface area contributed by atoms with E-state index in [9.17, 15) is 4.79 Å². The van der Waals surface area contributed by atoms with Gasteiger partial charge in [-0.25, -0.2) is 4.79 Å². The molecule has 28 heavy (non-hydrogen) atoms. The SMILES string of the molecule is CCOc1ccc(NC(=O)NCCCN2CCN(c3ccccc3)CC2)cc1. The van der Waals surface area contributed by atoms with Crippen LogP contribution in [0.2, 0.25) is 0 Å². The predicted octanol–water partition coefficient (Wildman–Crippen LogP) is 3.42. The van der Waals surface area contributed by atoms with Crippen molar-refractivity contribution in [2.45, 2.75) is 13.3 Å². The Morgan fingerprint density at radius 2 is 1.71 bits per heavy atom. The van der Waals surface area contributed by atoms with Crippen LogP contribution in [0.1, 0.15) is 13.3 Å². The number of nitrogens with zero attached hydrogens (tertiary/aromatic N) is 2. The molecule has 1 fully saturated rings. The molecule has 0 radical (unpaired) electrons. The lowest BCUT2D eigenvalue weighted by Crippen LogP contribution is -2.47. The lowest BCUT2D eigenvalue weighted by molar-refractivity contribution is 0.244. The summed E-state index contributed by atoms with van der Waals surface area (Å²) in [6, 6.07) is 17.8. The van der Waals surface area contributed by atoms with Gasteiger partial charge in [-0.3, -0.25) is 4.90 Å². The zero-order chi connectivity index (χ0) is 19.6. The van der Waals surface area contributed by atoms with Crippen LogP contribution in [0.4, 0.5) is 16.2 Å². The van der Waals surface area contributed by atoms with Crippen LogP contribution in [0.25, 0.3) is 0 Å². The Kier molecular flexibility index (Phi) is 7.55. The van der Waals surface area contributed by atoms with E-state index < -0.39 is 0 Å². The first-order chi connectivity index (χ1) is 13.7. The van der Waals surface area contributed by atoms with Crippen LogP contribution < -0.4 is 20.3 Å². The van der Waals surface area contributed by atoms with Crippen molar-refractivity contribution in [1.29, 1.82) is 0 Å². The first-order valence-corrected chi connectivity index (χ1v) is 10.0. The van der Waals surface area contributed by atoms with Crippen molar-refractivity contribution < 1.29 is 9.53 Å². The van der Waals surface area contributed by atoms with Crippen molar-refractivity contribution in [1.82, 2.24) is 10.2 Å². The third-order valence-electron chi connectivity index (χ3n) is 4.85. The Morgan fingerprint density at radius 1 is 1.00 bits per heavy atom. The molecule has 0 spiro atoms. The molecule has 2 amide bonds. The summed E-state index contributed by atoms with van der Waals surface area (Å²) in [4.78, 5) is 16.9. The average molecular weight is 383 g/mol. The highest BCUT2D eigenvalue weighted by molar-refractivity contribution is 5.89.